The van der Waals surface area contributed by atoms with Gasteiger partial charge in [0.1, 0.15) is 12.3 Å². The first kappa shape index (κ1) is 20.2. The van der Waals surface area contributed by atoms with Crippen LogP contribution in [-0.2, 0) is 29.0 Å². The van der Waals surface area contributed by atoms with Crippen LogP contribution < -0.4 is 16.0 Å². The fourth-order valence-electron chi connectivity index (χ4n) is 4.76. The van der Waals surface area contributed by atoms with Crippen molar-refractivity contribution in [3.05, 3.63) is 70.9 Å². The lowest BCUT2D eigenvalue weighted by Crippen LogP contribution is -2.47. The molecule has 2 fully saturated rings. The van der Waals surface area contributed by atoms with E-state index in [-0.39, 0.29) is 5.91 Å². The van der Waals surface area contributed by atoms with Crippen molar-refractivity contribution in [2.45, 2.75) is 43.7 Å². The summed E-state index contributed by atoms with van der Waals surface area (Å²) in [5.41, 5.74) is 5.92. The topological polar surface area (TPSA) is 100 Å². The van der Waals surface area contributed by atoms with Gasteiger partial charge in [-0.3, -0.25) is 15.1 Å². The van der Waals surface area contributed by atoms with Crippen LogP contribution in [0.15, 0.2) is 48.5 Å². The van der Waals surface area contributed by atoms with Gasteiger partial charge in [-0.25, -0.2) is 4.79 Å². The Hall–Kier alpha value is -3.74. The maximum Gasteiger partial charge on any atom is 0.322 e. The second kappa shape index (κ2) is 7.75. The number of pyridine rings is 1. The van der Waals surface area contributed by atoms with Crippen LogP contribution in [0.1, 0.15) is 41.1 Å². The van der Waals surface area contributed by atoms with E-state index in [9.17, 15) is 9.59 Å². The van der Waals surface area contributed by atoms with Crippen LogP contribution in [0.5, 0.6) is 0 Å². The molecule has 1 saturated carbocycles. The molecule has 3 N–H and O–H groups in total. The second-order valence-corrected chi connectivity index (χ2v) is 8.68. The molecule has 1 saturated heterocycles. The number of carbonyl (C=O) groups is 3. The SMILES string of the molecule is C=O.O=C1NC(=O)C2(Cc3ccc(NCc4cc(C5CC5)nc5ccccc45)cc3C2)N1. The van der Waals surface area contributed by atoms with Crippen LogP contribution in [0.4, 0.5) is 10.5 Å². The molecule has 32 heavy (non-hydrogen) atoms. The molecule has 7 nitrogen and oxygen atoms in total. The maximum atomic E-state index is 12.3. The number of anilines is 1. The summed E-state index contributed by atoms with van der Waals surface area (Å²) in [4.78, 5) is 36.7. The Kier molecular flexibility index (Phi) is 4.89. The number of amides is 3. The molecular weight excluding hydrogens is 404 g/mol. The lowest BCUT2D eigenvalue weighted by molar-refractivity contribution is -0.123. The quantitative estimate of drug-likeness (QED) is 0.554. The summed E-state index contributed by atoms with van der Waals surface area (Å²) in [6.07, 6.45) is 3.53. The van der Waals surface area contributed by atoms with Gasteiger partial charge in [-0.1, -0.05) is 24.3 Å². The Morgan fingerprint density at radius 2 is 1.81 bits per heavy atom. The number of para-hydroxylation sites is 1. The summed E-state index contributed by atoms with van der Waals surface area (Å²) in [5, 5.41) is 9.92. The van der Waals surface area contributed by atoms with Crippen LogP contribution in [0.2, 0.25) is 0 Å². The van der Waals surface area contributed by atoms with Gasteiger partial charge in [-0.05, 0) is 53.8 Å². The smallest absolute Gasteiger partial charge is 0.322 e. The van der Waals surface area contributed by atoms with Crippen molar-refractivity contribution in [3.63, 3.8) is 0 Å². The fraction of sp³-hybridized carbons (Fsp3) is 0.280. The van der Waals surface area contributed by atoms with Gasteiger partial charge in [-0.2, -0.15) is 0 Å². The summed E-state index contributed by atoms with van der Waals surface area (Å²) < 4.78 is 0. The predicted octanol–water partition coefficient (Wildman–Crippen LogP) is 3.22. The van der Waals surface area contributed by atoms with Crippen LogP contribution in [0.25, 0.3) is 10.9 Å². The fourth-order valence-corrected chi connectivity index (χ4v) is 4.76. The van der Waals surface area contributed by atoms with Gasteiger partial charge in [0, 0.05) is 42.1 Å². The minimum absolute atomic E-state index is 0.228. The number of hydrogen-bond acceptors (Lipinski definition) is 5. The highest BCUT2D eigenvalue weighted by molar-refractivity contribution is 6.07. The lowest BCUT2D eigenvalue weighted by Gasteiger charge is -2.18. The molecule has 162 valence electrons. The van der Waals surface area contributed by atoms with Gasteiger partial charge in [0.2, 0.25) is 0 Å². The molecule has 1 atom stereocenters. The first-order valence-corrected chi connectivity index (χ1v) is 10.8. The van der Waals surface area contributed by atoms with Crippen molar-refractivity contribution in [2.24, 2.45) is 0 Å². The molecule has 2 aromatic carbocycles. The number of imide groups is 1. The van der Waals surface area contributed by atoms with E-state index in [2.05, 4.69) is 58.4 Å². The van der Waals surface area contributed by atoms with Gasteiger partial charge >= 0.3 is 6.03 Å². The molecule has 6 rings (SSSR count). The van der Waals surface area contributed by atoms with E-state index in [1.807, 2.05) is 12.9 Å². The molecule has 3 aliphatic rings. The molecule has 7 heteroatoms. The molecule has 1 unspecified atom stereocenters. The van der Waals surface area contributed by atoms with Crippen molar-refractivity contribution in [3.8, 4) is 0 Å². The third kappa shape index (κ3) is 3.49. The van der Waals surface area contributed by atoms with Crippen molar-refractivity contribution in [1.82, 2.24) is 15.6 Å². The minimum atomic E-state index is -0.821. The summed E-state index contributed by atoms with van der Waals surface area (Å²) in [7, 11) is 0. The molecule has 1 aliphatic heterocycles. The summed E-state index contributed by atoms with van der Waals surface area (Å²) >= 11 is 0. The Morgan fingerprint density at radius 3 is 2.56 bits per heavy atom. The lowest BCUT2D eigenvalue weighted by atomic mass is 9.96. The maximum absolute atomic E-state index is 12.3. The minimum Gasteiger partial charge on any atom is -0.381 e. The zero-order valence-electron chi connectivity index (χ0n) is 17.6. The molecule has 3 amide bonds. The third-order valence-electron chi connectivity index (χ3n) is 6.51. The van der Waals surface area contributed by atoms with Crippen LogP contribution in [0.3, 0.4) is 0 Å². The Morgan fingerprint density at radius 1 is 1.03 bits per heavy atom. The average Bonchev–Trinajstić information content (AvgIpc) is 3.54. The molecule has 2 aliphatic carbocycles. The highest BCUT2D eigenvalue weighted by Gasteiger charge is 2.49. The molecule has 1 aromatic heterocycles. The zero-order chi connectivity index (χ0) is 22.3. The van der Waals surface area contributed by atoms with Gasteiger partial charge in [0.05, 0.1) is 5.52 Å². The number of rotatable bonds is 4. The number of hydrogen-bond donors (Lipinski definition) is 3. The van der Waals surface area contributed by atoms with Crippen LogP contribution in [0, 0.1) is 0 Å². The predicted molar refractivity (Wildman–Crippen MR) is 121 cm³/mol. The van der Waals surface area contributed by atoms with E-state index in [4.69, 9.17) is 9.78 Å². The number of nitrogens with one attached hydrogen (secondary N) is 3. The highest BCUT2D eigenvalue weighted by Crippen LogP contribution is 2.40. The molecular formula is C25H24N4O3. The highest BCUT2D eigenvalue weighted by atomic mass is 16.2. The second-order valence-electron chi connectivity index (χ2n) is 8.68. The van der Waals surface area contributed by atoms with E-state index in [0.29, 0.717) is 25.3 Å². The van der Waals surface area contributed by atoms with Crippen molar-refractivity contribution in [1.29, 1.82) is 0 Å². The van der Waals surface area contributed by atoms with E-state index in [0.717, 1.165) is 22.3 Å². The Bertz CT molecular complexity index is 1240. The largest absolute Gasteiger partial charge is 0.381 e. The first-order valence-electron chi connectivity index (χ1n) is 10.8. The number of benzene rings is 2. The zero-order valence-corrected chi connectivity index (χ0v) is 17.6. The molecule has 1 spiro atoms. The molecule has 0 bridgehead atoms. The number of nitrogens with zero attached hydrogens (tertiary/aromatic N) is 1. The molecule has 2 heterocycles. The van der Waals surface area contributed by atoms with Crippen molar-refractivity contribution >= 4 is 35.3 Å². The van der Waals surface area contributed by atoms with Gasteiger partial charge < -0.3 is 15.4 Å². The number of fused-ring (bicyclic) bond motifs is 2. The molecule has 0 radical (unpaired) electrons. The van der Waals surface area contributed by atoms with Gasteiger partial charge in [0.15, 0.2) is 0 Å². The Labute approximate surface area is 185 Å². The van der Waals surface area contributed by atoms with E-state index < -0.39 is 11.6 Å². The number of aromatic nitrogens is 1. The van der Waals surface area contributed by atoms with Gasteiger partial charge in [0.25, 0.3) is 5.91 Å². The van der Waals surface area contributed by atoms with Crippen LogP contribution in [-0.4, -0.2) is 29.3 Å². The van der Waals surface area contributed by atoms with Crippen molar-refractivity contribution < 1.29 is 14.4 Å². The average molecular weight is 428 g/mol. The standard InChI is InChI=1S/C24H22N4O2.CH2O/c29-22-24(28-23(30)27-22)11-15-7-8-18(9-16(15)12-24)25-13-17-10-21(14-5-6-14)26-20-4-2-1-3-19(17)20;1-2/h1-4,7-10,14,25H,5-6,11-13H2,(H2,27,28,29,30);1H2. The van der Waals surface area contributed by atoms with E-state index in [1.165, 1.54) is 29.5 Å². The van der Waals surface area contributed by atoms with Crippen LogP contribution >= 0.6 is 0 Å². The van der Waals surface area contributed by atoms with Gasteiger partial charge in [-0.15, -0.1) is 0 Å². The Balaban J connectivity index is 0.00000105. The molecule has 3 aromatic rings. The number of urea groups is 1. The monoisotopic (exact) mass is 428 g/mol. The number of carbonyl (C=O) groups excluding carboxylic acids is 3. The van der Waals surface area contributed by atoms with E-state index >= 15 is 0 Å². The normalized spacial score (nSPS) is 21.0. The summed E-state index contributed by atoms with van der Waals surface area (Å²) in [6, 6.07) is 16.4. The third-order valence-corrected chi connectivity index (χ3v) is 6.51. The summed E-state index contributed by atoms with van der Waals surface area (Å²) in [5.74, 6) is 0.381. The van der Waals surface area contributed by atoms with Crippen molar-refractivity contribution in [2.75, 3.05) is 5.32 Å². The summed E-state index contributed by atoms with van der Waals surface area (Å²) in [6.45, 7) is 2.71. The first-order chi connectivity index (χ1) is 15.6. The van der Waals surface area contributed by atoms with E-state index in [1.54, 1.807) is 0 Å².